The molecule has 0 unspecified atom stereocenters. The van der Waals surface area contributed by atoms with E-state index < -0.39 is 5.82 Å². The Balaban J connectivity index is 3.28. The fourth-order valence-electron chi connectivity index (χ4n) is 1.12. The predicted octanol–water partition coefficient (Wildman–Crippen LogP) is 3.32. The van der Waals surface area contributed by atoms with Crippen molar-refractivity contribution in [2.45, 2.75) is 6.92 Å². The molecule has 0 aromatic heterocycles. The van der Waals surface area contributed by atoms with Gasteiger partial charge >= 0.3 is 0 Å². The van der Waals surface area contributed by atoms with Crippen LogP contribution in [0.5, 0.6) is 0 Å². The summed E-state index contributed by atoms with van der Waals surface area (Å²) in [7, 11) is 0. The van der Waals surface area contributed by atoms with Crippen molar-refractivity contribution in [3.63, 3.8) is 0 Å². The molecule has 0 radical (unpaired) electrons. The van der Waals surface area contributed by atoms with Crippen molar-refractivity contribution >= 4 is 33.3 Å². The van der Waals surface area contributed by atoms with Gasteiger partial charge in [-0.2, -0.15) is 0 Å². The normalized spacial score (nSPS) is 10.2. The van der Waals surface area contributed by atoms with Crippen LogP contribution in [-0.2, 0) is 0 Å². The Labute approximate surface area is 89.0 Å². The molecule has 13 heavy (non-hydrogen) atoms. The molecule has 0 N–H and O–H groups in total. The third-order valence-corrected chi connectivity index (χ3v) is 2.35. The molecule has 0 spiro atoms. The lowest BCUT2D eigenvalue weighted by atomic mass is 10.1. The number of alkyl halides is 1. The van der Waals surface area contributed by atoms with Crippen LogP contribution in [0.3, 0.4) is 0 Å². The van der Waals surface area contributed by atoms with Crippen LogP contribution in [0.15, 0.2) is 16.6 Å². The van der Waals surface area contributed by atoms with Crippen LogP contribution >= 0.6 is 27.5 Å². The summed E-state index contributed by atoms with van der Waals surface area (Å²) in [5, 5.41) is 0. The highest BCUT2D eigenvalue weighted by atomic mass is 79.9. The fraction of sp³-hybridized carbons (Fsp3) is 0.222. The molecule has 1 aromatic rings. The molecule has 1 nitrogen and oxygen atoms in total. The summed E-state index contributed by atoms with van der Waals surface area (Å²) in [4.78, 5) is 11.2. The summed E-state index contributed by atoms with van der Waals surface area (Å²) in [5.74, 6) is -1.11. The SMILES string of the molecule is Cc1cc(Br)cc(F)c1C(=O)CCl. The van der Waals surface area contributed by atoms with E-state index in [4.69, 9.17) is 11.6 Å². The van der Waals surface area contributed by atoms with Crippen molar-refractivity contribution in [2.24, 2.45) is 0 Å². The fourth-order valence-corrected chi connectivity index (χ4v) is 1.80. The molecule has 0 aliphatic carbocycles. The minimum Gasteiger partial charge on any atom is -0.293 e. The number of rotatable bonds is 2. The summed E-state index contributed by atoms with van der Waals surface area (Å²) < 4.78 is 13.9. The van der Waals surface area contributed by atoms with Gasteiger partial charge in [0, 0.05) is 4.47 Å². The highest BCUT2D eigenvalue weighted by Gasteiger charge is 2.14. The van der Waals surface area contributed by atoms with Gasteiger partial charge in [-0.1, -0.05) is 15.9 Å². The van der Waals surface area contributed by atoms with E-state index in [1.807, 2.05) is 0 Å². The van der Waals surface area contributed by atoms with Gasteiger partial charge in [0.2, 0.25) is 0 Å². The molecule has 0 fully saturated rings. The van der Waals surface area contributed by atoms with E-state index >= 15 is 0 Å². The van der Waals surface area contributed by atoms with Crippen LogP contribution in [0.25, 0.3) is 0 Å². The second-order valence-electron chi connectivity index (χ2n) is 2.64. The van der Waals surface area contributed by atoms with Gasteiger partial charge < -0.3 is 0 Å². The molecular weight excluding hydrogens is 258 g/mol. The standard InChI is InChI=1S/C9H7BrClFO/c1-5-2-6(10)3-7(12)9(5)8(13)4-11/h2-3H,4H2,1H3. The van der Waals surface area contributed by atoms with Crippen LogP contribution in [-0.4, -0.2) is 11.7 Å². The Kier molecular flexibility index (Phi) is 3.45. The van der Waals surface area contributed by atoms with Crippen molar-refractivity contribution < 1.29 is 9.18 Å². The molecule has 0 saturated carbocycles. The van der Waals surface area contributed by atoms with Crippen molar-refractivity contribution in [3.05, 3.63) is 33.5 Å². The molecule has 0 aliphatic heterocycles. The zero-order valence-electron chi connectivity index (χ0n) is 6.90. The maximum atomic E-state index is 13.2. The molecule has 0 atom stereocenters. The molecule has 0 heterocycles. The zero-order chi connectivity index (χ0) is 10.0. The van der Waals surface area contributed by atoms with E-state index in [2.05, 4.69) is 15.9 Å². The molecule has 0 bridgehead atoms. The van der Waals surface area contributed by atoms with Crippen LogP contribution in [0.2, 0.25) is 0 Å². The van der Waals surface area contributed by atoms with Crippen molar-refractivity contribution in [3.8, 4) is 0 Å². The molecule has 1 aromatic carbocycles. The van der Waals surface area contributed by atoms with Crippen molar-refractivity contribution in [2.75, 3.05) is 5.88 Å². The number of ketones is 1. The Bertz CT molecular complexity index is 328. The third kappa shape index (κ3) is 2.29. The average Bonchev–Trinajstić information content (AvgIpc) is 2.02. The molecule has 0 aliphatic rings. The topological polar surface area (TPSA) is 17.1 Å². The second-order valence-corrected chi connectivity index (χ2v) is 3.82. The molecule has 4 heteroatoms. The molecule has 70 valence electrons. The number of carbonyl (C=O) groups excluding carboxylic acids is 1. The lowest BCUT2D eigenvalue weighted by Gasteiger charge is -2.04. The Morgan fingerprint density at radius 1 is 1.62 bits per heavy atom. The lowest BCUT2D eigenvalue weighted by Crippen LogP contribution is -2.06. The molecule has 0 saturated heterocycles. The Hall–Kier alpha value is -0.410. The van der Waals surface area contributed by atoms with Gasteiger partial charge in [-0.15, -0.1) is 11.6 Å². The largest absolute Gasteiger partial charge is 0.293 e. The van der Waals surface area contributed by atoms with E-state index in [0.717, 1.165) is 0 Å². The summed E-state index contributed by atoms with van der Waals surface area (Å²) in [6.45, 7) is 1.67. The maximum Gasteiger partial charge on any atom is 0.180 e. The first-order valence-electron chi connectivity index (χ1n) is 3.61. The number of Topliss-reactive ketones (excluding diaryl/α,β-unsaturated/α-hetero) is 1. The van der Waals surface area contributed by atoms with E-state index in [-0.39, 0.29) is 17.2 Å². The Morgan fingerprint density at radius 2 is 2.23 bits per heavy atom. The first kappa shape index (κ1) is 10.7. The first-order valence-corrected chi connectivity index (χ1v) is 4.94. The maximum absolute atomic E-state index is 13.2. The summed E-state index contributed by atoms with van der Waals surface area (Å²) in [6, 6.07) is 2.94. The van der Waals surface area contributed by atoms with Crippen molar-refractivity contribution in [1.82, 2.24) is 0 Å². The van der Waals surface area contributed by atoms with Crippen LogP contribution in [0.1, 0.15) is 15.9 Å². The molecule has 0 amide bonds. The van der Waals surface area contributed by atoms with Crippen LogP contribution < -0.4 is 0 Å². The van der Waals surface area contributed by atoms with Gasteiger partial charge in [0.1, 0.15) is 5.82 Å². The third-order valence-electron chi connectivity index (χ3n) is 1.65. The van der Waals surface area contributed by atoms with E-state index in [1.165, 1.54) is 6.07 Å². The zero-order valence-corrected chi connectivity index (χ0v) is 9.25. The highest BCUT2D eigenvalue weighted by molar-refractivity contribution is 9.10. The van der Waals surface area contributed by atoms with Gasteiger partial charge in [0.15, 0.2) is 5.78 Å². The smallest absolute Gasteiger partial charge is 0.180 e. The number of aryl methyl sites for hydroxylation is 1. The minimum atomic E-state index is -0.530. The van der Waals surface area contributed by atoms with Gasteiger partial charge in [-0.05, 0) is 24.6 Å². The average molecular weight is 266 g/mol. The van der Waals surface area contributed by atoms with Crippen LogP contribution in [0.4, 0.5) is 4.39 Å². The van der Waals surface area contributed by atoms with Gasteiger partial charge in [-0.3, -0.25) is 4.79 Å². The van der Waals surface area contributed by atoms with E-state index in [9.17, 15) is 9.18 Å². The summed E-state index contributed by atoms with van der Waals surface area (Å²) in [5.41, 5.74) is 0.677. The number of benzene rings is 1. The molecular formula is C9H7BrClFO. The minimum absolute atomic E-state index is 0.0817. The highest BCUT2D eigenvalue weighted by Crippen LogP contribution is 2.20. The van der Waals surface area contributed by atoms with Crippen LogP contribution in [0, 0.1) is 12.7 Å². The summed E-state index contributed by atoms with van der Waals surface area (Å²) >= 11 is 8.48. The summed E-state index contributed by atoms with van der Waals surface area (Å²) in [6.07, 6.45) is 0. The quantitative estimate of drug-likeness (QED) is 0.592. The van der Waals surface area contributed by atoms with Gasteiger partial charge in [0.25, 0.3) is 0 Å². The van der Waals surface area contributed by atoms with E-state index in [1.54, 1.807) is 13.0 Å². The first-order chi connectivity index (χ1) is 6.06. The van der Waals surface area contributed by atoms with Crippen molar-refractivity contribution in [1.29, 1.82) is 0 Å². The van der Waals surface area contributed by atoms with Gasteiger partial charge in [0.05, 0.1) is 11.4 Å². The lowest BCUT2D eigenvalue weighted by molar-refractivity contribution is 0.101. The van der Waals surface area contributed by atoms with E-state index in [0.29, 0.717) is 10.0 Å². The number of hydrogen-bond donors (Lipinski definition) is 0. The monoisotopic (exact) mass is 264 g/mol. The number of halogens is 3. The Morgan fingerprint density at radius 3 is 2.69 bits per heavy atom. The second kappa shape index (κ2) is 4.20. The number of hydrogen-bond acceptors (Lipinski definition) is 1. The van der Waals surface area contributed by atoms with Gasteiger partial charge in [-0.25, -0.2) is 4.39 Å². The molecule has 1 rings (SSSR count). The number of carbonyl (C=O) groups is 1. The predicted molar refractivity (Wildman–Crippen MR) is 53.9 cm³/mol.